The van der Waals surface area contributed by atoms with E-state index in [4.69, 9.17) is 17.0 Å². The van der Waals surface area contributed by atoms with Gasteiger partial charge in [0.05, 0.1) is 18.8 Å². The van der Waals surface area contributed by atoms with Crippen LogP contribution in [-0.2, 0) is 16.6 Å². The topological polar surface area (TPSA) is 59.4 Å². The second-order valence-electron chi connectivity index (χ2n) is 4.99. The van der Waals surface area contributed by atoms with Crippen molar-refractivity contribution >= 4 is 29.3 Å². The normalized spacial score (nSPS) is 24.8. The van der Waals surface area contributed by atoms with Gasteiger partial charge in [0.15, 0.2) is 5.11 Å². The molecule has 0 aromatic carbocycles. The number of carbonyl (C=O) groups is 1. The Hall–Kier alpha value is -1.73. The van der Waals surface area contributed by atoms with Crippen molar-refractivity contribution in [1.29, 1.82) is 0 Å². The van der Waals surface area contributed by atoms with Crippen LogP contribution in [-0.4, -0.2) is 45.0 Å². The number of carbonyl (C=O) groups excluding carboxylic acids is 1. The van der Waals surface area contributed by atoms with E-state index in [0.717, 1.165) is 25.0 Å². The third-order valence-electron chi connectivity index (χ3n) is 3.41. The molecule has 2 fully saturated rings. The lowest BCUT2D eigenvalue weighted by Gasteiger charge is -2.18. The van der Waals surface area contributed by atoms with Crippen LogP contribution < -0.4 is 5.32 Å². The van der Waals surface area contributed by atoms with Crippen molar-refractivity contribution in [3.8, 4) is 0 Å². The molecule has 7 heteroatoms. The van der Waals surface area contributed by atoms with Crippen molar-refractivity contribution in [2.75, 3.05) is 13.2 Å². The molecular formula is C13H16N4O2S. The van der Waals surface area contributed by atoms with Crippen LogP contribution in [0.25, 0.3) is 6.08 Å². The van der Waals surface area contributed by atoms with Crippen molar-refractivity contribution in [2.45, 2.75) is 18.9 Å². The molecule has 20 heavy (non-hydrogen) atoms. The van der Waals surface area contributed by atoms with Gasteiger partial charge < -0.3 is 10.1 Å². The largest absolute Gasteiger partial charge is 0.376 e. The molecule has 0 unspecified atom stereocenters. The smallest absolute Gasteiger partial charge is 0.276 e. The molecule has 3 rings (SSSR count). The second-order valence-corrected chi connectivity index (χ2v) is 5.37. The Morgan fingerprint density at radius 1 is 1.65 bits per heavy atom. The van der Waals surface area contributed by atoms with Gasteiger partial charge in [-0.1, -0.05) is 0 Å². The van der Waals surface area contributed by atoms with E-state index in [1.54, 1.807) is 21.9 Å². The minimum Gasteiger partial charge on any atom is -0.376 e. The van der Waals surface area contributed by atoms with Gasteiger partial charge in [0.1, 0.15) is 5.70 Å². The van der Waals surface area contributed by atoms with Crippen LogP contribution in [0.4, 0.5) is 0 Å². The molecule has 0 aliphatic carbocycles. The predicted molar refractivity (Wildman–Crippen MR) is 77.6 cm³/mol. The summed E-state index contributed by atoms with van der Waals surface area (Å²) < 4.78 is 7.24. The maximum absolute atomic E-state index is 12.3. The van der Waals surface area contributed by atoms with Crippen molar-refractivity contribution in [1.82, 2.24) is 20.0 Å². The number of aromatic nitrogens is 2. The van der Waals surface area contributed by atoms with E-state index in [1.807, 2.05) is 13.2 Å². The van der Waals surface area contributed by atoms with E-state index in [9.17, 15) is 4.79 Å². The van der Waals surface area contributed by atoms with Crippen LogP contribution in [0.3, 0.4) is 0 Å². The number of rotatable bonds is 3. The summed E-state index contributed by atoms with van der Waals surface area (Å²) in [4.78, 5) is 13.9. The predicted octanol–water partition coefficient (Wildman–Crippen LogP) is 0.657. The SMILES string of the molecule is Cn1cc(/C=C2/NC(=S)N(C[C@H]3CCCO3)C2=O)cn1. The fourth-order valence-electron chi connectivity index (χ4n) is 2.41. The highest BCUT2D eigenvalue weighted by Crippen LogP contribution is 2.18. The first-order chi connectivity index (χ1) is 9.63. The van der Waals surface area contributed by atoms with E-state index < -0.39 is 0 Å². The Labute approximate surface area is 122 Å². The second kappa shape index (κ2) is 5.34. The summed E-state index contributed by atoms with van der Waals surface area (Å²) in [5.41, 5.74) is 1.35. The lowest BCUT2D eigenvalue weighted by Crippen LogP contribution is -2.37. The molecule has 0 bridgehead atoms. The first-order valence-corrected chi connectivity index (χ1v) is 6.99. The standard InChI is InChI=1S/C13H16N4O2S/c1-16-7-9(6-14-16)5-11-12(18)17(13(20)15-11)8-10-3-2-4-19-10/h5-7,10H,2-4,8H2,1H3,(H,15,20)/b11-5+/t10-/m1/s1. The lowest BCUT2D eigenvalue weighted by atomic mass is 10.2. The molecule has 2 aliphatic rings. The van der Waals surface area contributed by atoms with Gasteiger partial charge in [-0.25, -0.2) is 0 Å². The molecule has 0 saturated carbocycles. The molecule has 3 heterocycles. The summed E-state index contributed by atoms with van der Waals surface area (Å²) in [6.07, 6.45) is 7.43. The van der Waals surface area contributed by atoms with Gasteiger partial charge in [0.2, 0.25) is 0 Å². The molecule has 1 aromatic heterocycles. The molecule has 106 valence electrons. The van der Waals surface area contributed by atoms with Crippen molar-refractivity contribution in [3.05, 3.63) is 23.7 Å². The number of thiocarbonyl (C=S) groups is 1. The zero-order valence-electron chi connectivity index (χ0n) is 11.2. The van der Waals surface area contributed by atoms with Crippen LogP contribution in [0.2, 0.25) is 0 Å². The number of nitrogens with zero attached hydrogens (tertiary/aromatic N) is 3. The summed E-state index contributed by atoms with van der Waals surface area (Å²) in [6.45, 7) is 1.29. The first kappa shape index (κ1) is 13.3. The summed E-state index contributed by atoms with van der Waals surface area (Å²) in [7, 11) is 1.83. The Morgan fingerprint density at radius 3 is 3.15 bits per heavy atom. The molecule has 0 spiro atoms. The molecule has 2 aliphatic heterocycles. The summed E-state index contributed by atoms with van der Waals surface area (Å²) >= 11 is 5.23. The van der Waals surface area contributed by atoms with E-state index >= 15 is 0 Å². The fourth-order valence-corrected chi connectivity index (χ4v) is 2.68. The Morgan fingerprint density at radius 2 is 2.50 bits per heavy atom. The van der Waals surface area contributed by atoms with E-state index in [0.29, 0.717) is 17.4 Å². The average Bonchev–Trinajstić information content (AvgIpc) is 3.10. The molecule has 1 amide bonds. The highest BCUT2D eigenvalue weighted by atomic mass is 32.1. The van der Waals surface area contributed by atoms with Crippen LogP contribution in [0.5, 0.6) is 0 Å². The zero-order valence-corrected chi connectivity index (χ0v) is 12.0. The fraction of sp³-hybridized carbons (Fsp3) is 0.462. The van der Waals surface area contributed by atoms with Gasteiger partial charge in [-0.3, -0.25) is 14.4 Å². The Balaban J connectivity index is 1.74. The van der Waals surface area contributed by atoms with Gasteiger partial charge in [-0.15, -0.1) is 0 Å². The van der Waals surface area contributed by atoms with Gasteiger partial charge in [-0.2, -0.15) is 5.10 Å². The van der Waals surface area contributed by atoms with E-state index in [2.05, 4.69) is 10.4 Å². The highest BCUT2D eigenvalue weighted by molar-refractivity contribution is 7.80. The van der Waals surface area contributed by atoms with Crippen molar-refractivity contribution < 1.29 is 9.53 Å². The zero-order chi connectivity index (χ0) is 14.1. The average molecular weight is 292 g/mol. The number of nitrogens with one attached hydrogen (secondary N) is 1. The number of hydrogen-bond donors (Lipinski definition) is 1. The molecule has 1 N–H and O–H groups in total. The van der Waals surface area contributed by atoms with E-state index in [-0.39, 0.29) is 12.0 Å². The van der Waals surface area contributed by atoms with Crippen LogP contribution in [0.15, 0.2) is 18.1 Å². The molecule has 0 radical (unpaired) electrons. The monoisotopic (exact) mass is 292 g/mol. The van der Waals surface area contributed by atoms with Crippen molar-refractivity contribution in [3.63, 3.8) is 0 Å². The maximum Gasteiger partial charge on any atom is 0.276 e. The van der Waals surface area contributed by atoms with Gasteiger partial charge >= 0.3 is 0 Å². The number of ether oxygens (including phenoxy) is 1. The Bertz CT molecular complexity index is 575. The Kier molecular flexibility index (Phi) is 3.54. The first-order valence-electron chi connectivity index (χ1n) is 6.58. The summed E-state index contributed by atoms with van der Waals surface area (Å²) in [5, 5.41) is 7.48. The maximum atomic E-state index is 12.3. The molecule has 2 saturated heterocycles. The molecule has 1 atom stereocenters. The summed E-state index contributed by atoms with van der Waals surface area (Å²) in [6, 6.07) is 0. The quantitative estimate of drug-likeness (QED) is 0.655. The summed E-state index contributed by atoms with van der Waals surface area (Å²) in [5.74, 6) is -0.102. The van der Waals surface area contributed by atoms with Gasteiger partial charge in [0, 0.05) is 25.4 Å². The highest BCUT2D eigenvalue weighted by Gasteiger charge is 2.33. The molecule has 6 nitrogen and oxygen atoms in total. The van der Waals surface area contributed by atoms with E-state index in [1.165, 1.54) is 0 Å². The minimum atomic E-state index is -0.102. The lowest BCUT2D eigenvalue weighted by molar-refractivity contribution is -0.123. The van der Waals surface area contributed by atoms with Crippen LogP contribution in [0.1, 0.15) is 18.4 Å². The number of aryl methyl sites for hydroxylation is 1. The third-order valence-corrected chi connectivity index (χ3v) is 3.73. The minimum absolute atomic E-state index is 0.0939. The third kappa shape index (κ3) is 2.59. The van der Waals surface area contributed by atoms with Crippen LogP contribution >= 0.6 is 12.2 Å². The van der Waals surface area contributed by atoms with Gasteiger partial charge in [-0.05, 0) is 31.1 Å². The molecule has 1 aromatic rings. The molecular weight excluding hydrogens is 276 g/mol. The number of amides is 1. The number of hydrogen-bond acceptors (Lipinski definition) is 4. The van der Waals surface area contributed by atoms with Gasteiger partial charge in [0.25, 0.3) is 5.91 Å². The van der Waals surface area contributed by atoms with Crippen molar-refractivity contribution in [2.24, 2.45) is 7.05 Å². The van der Waals surface area contributed by atoms with Crippen LogP contribution in [0, 0.1) is 0 Å².